The summed E-state index contributed by atoms with van der Waals surface area (Å²) in [6, 6.07) is 8.52. The third-order valence-corrected chi connectivity index (χ3v) is 24.4. The molecule has 32 N–H and O–H groups in total. The molecule has 1 aromatic heterocycles. The van der Waals surface area contributed by atoms with Crippen LogP contribution < -0.4 is 124 Å². The second-order valence-electron chi connectivity index (χ2n) is 34.9. The van der Waals surface area contributed by atoms with E-state index in [1.807, 2.05) is 0 Å². The highest BCUT2D eigenvalue weighted by molar-refractivity contribution is 6.00. The molecule has 0 unspecified atom stereocenters. The highest BCUT2D eigenvalue weighted by Crippen LogP contribution is 2.31. The first-order valence-electron chi connectivity index (χ1n) is 45.9. The highest BCUT2D eigenvalue weighted by atomic mass is 16.4. The van der Waals surface area contributed by atoms with Crippen LogP contribution in [0.2, 0.25) is 0 Å². The lowest BCUT2D eigenvalue weighted by atomic mass is 9.97. The SMILES string of the molecule is CC(=O)N[C@H]1CNC[C@@H]1C(=O)N[C@@H](C)C(=O)N[C@H]1CCC[C@@H]1C(=O)N[C@@H](CCCNC(=N)N)C(=O)N[C@H]1CCC[C@@H]1C(=O)N[C@@H](Cc1ccccc1)C(=O)N[C@H]1CCC[C@@H]1C(=O)N[C@@H](CCCCN)C(=O)N[C@H](CC(=O)NCC(=O)N[C@@H](CCC(=O)O)C(=O)N[C@@H](C)C(=O)N[C@@H](Cc1c[nH]c2ccccc12)C(=O)N[C@@H](CC(N)=O)C(=O)N[C@@H](CCCNC(=N)N)C(N)=O)Cc1ccccc1. The minimum atomic E-state index is -1.73. The summed E-state index contributed by atoms with van der Waals surface area (Å²) in [5.74, 6) is -17.9. The second-order valence-corrected chi connectivity index (χ2v) is 34.9. The minimum Gasteiger partial charge on any atom is -0.481 e. The van der Waals surface area contributed by atoms with Crippen LogP contribution in [0.1, 0.15) is 166 Å². The van der Waals surface area contributed by atoms with Gasteiger partial charge in [-0.2, -0.15) is 0 Å². The van der Waals surface area contributed by atoms with Gasteiger partial charge in [0.1, 0.15) is 54.4 Å². The molecule has 2 heterocycles. The number of hydrogen-bond donors (Lipinski definition) is 27. The third-order valence-electron chi connectivity index (χ3n) is 24.4. The molecule has 18 atom stereocenters. The Bertz CT molecular complexity index is 4830. The van der Waals surface area contributed by atoms with Gasteiger partial charge in [0, 0.05) is 100 Å². The molecule has 3 aromatic carbocycles. The average Bonchev–Trinajstić information content (AvgIpc) is 1.70. The summed E-state index contributed by atoms with van der Waals surface area (Å²) in [6.07, 6.45) is 3.94. The summed E-state index contributed by atoms with van der Waals surface area (Å²) in [4.78, 5) is 251. The molecule has 0 bridgehead atoms. The fraction of sp³-hybridized carbons (Fsp3) is 0.556. The molecule has 135 heavy (non-hydrogen) atoms. The first kappa shape index (κ1) is 106. The zero-order valence-electron chi connectivity index (χ0n) is 76.2. The average molecular weight is 1880 g/mol. The standard InChI is InChI=1S/C90H132N26O19/c1-48(103-82(129)59-45-98-46-71(59)105-50(3)117)77(124)108-61-29-14-24-56(61)79(126)113-66(33-18-38-100-90(96)97)85(132)109-62-30-16-26-58(62)81(128)115-68(40-52-21-8-5-9-22-52)86(133)110-63-31-15-25-57(63)80(127)112-65(28-12-13-36-91)84(131)106-54(39-51-19-6-4-7-20-51)42-73(119)102-47-74(120)107-67(34-35-75(121)122)83(130)104-49(2)78(125)114-69(41-53-44-101-60-27-11-10-23-55(53)60)87(134)116-70(43-72(92)118)88(135)111-64(76(93)123)32-17-37-99-89(94)95/h4-11,19-23,27,44,48-49,54,56-59,61-71,98,101H,12-18,24-26,28-43,45-47,91H2,1-3H3,(H2,92,118)(H2,93,123)(H,102,119)(H,103,129)(H,104,130)(H,105,117)(H,106,131)(H,107,120)(H,108,124)(H,109,132)(H,110,133)(H,111,135)(H,112,127)(H,113,126)(H,114,125)(H,115,128)(H,116,134)(H,121,122)(H4,94,95,99)(H4,96,97,100)/t48-,49-,54-,56-,57-,58-,59-,61-,62-,63-,64-,65-,66-,67-,68-,69-,70-,71-/m0/s1. The Morgan fingerprint density at radius 2 is 0.889 bits per heavy atom. The van der Waals surface area contributed by atoms with Crippen molar-refractivity contribution in [2.75, 3.05) is 39.3 Å². The normalized spacial score (nSPS) is 19.9. The van der Waals surface area contributed by atoms with Crippen LogP contribution in [-0.2, 0) is 106 Å². The third kappa shape index (κ3) is 34.9. The van der Waals surface area contributed by atoms with Gasteiger partial charge in [0.05, 0.1) is 42.7 Å². The lowest BCUT2D eigenvalue weighted by molar-refractivity contribution is -0.138. The van der Waals surface area contributed by atoms with Crippen molar-refractivity contribution in [1.29, 1.82) is 10.8 Å². The van der Waals surface area contributed by atoms with E-state index in [4.69, 9.17) is 39.5 Å². The van der Waals surface area contributed by atoms with Gasteiger partial charge in [-0.1, -0.05) is 98.1 Å². The van der Waals surface area contributed by atoms with Gasteiger partial charge >= 0.3 is 5.97 Å². The van der Waals surface area contributed by atoms with Gasteiger partial charge in [-0.3, -0.25) is 97.1 Å². The van der Waals surface area contributed by atoms with Crippen molar-refractivity contribution in [2.45, 2.75) is 253 Å². The van der Waals surface area contributed by atoms with Crippen LogP contribution in [0.25, 0.3) is 10.9 Å². The van der Waals surface area contributed by atoms with E-state index in [1.165, 1.54) is 20.8 Å². The van der Waals surface area contributed by atoms with E-state index in [0.717, 1.165) is 0 Å². The van der Waals surface area contributed by atoms with Crippen molar-refractivity contribution in [2.24, 2.45) is 52.3 Å². The van der Waals surface area contributed by atoms with Gasteiger partial charge < -0.3 is 134 Å². The number of amides is 17. The fourth-order valence-corrected chi connectivity index (χ4v) is 17.2. The van der Waals surface area contributed by atoms with Crippen LogP contribution >= 0.6 is 0 Å². The Balaban J connectivity index is 0.885. The predicted molar refractivity (Wildman–Crippen MR) is 493 cm³/mol. The lowest BCUT2D eigenvalue weighted by Gasteiger charge is -2.29. The Morgan fingerprint density at radius 1 is 0.422 bits per heavy atom. The quantitative estimate of drug-likeness (QED) is 0.0112. The molecule has 17 amide bonds. The molecule has 1 aliphatic heterocycles. The number of primary amides is 2. The van der Waals surface area contributed by atoms with Crippen LogP contribution in [0.5, 0.6) is 0 Å². The zero-order valence-corrected chi connectivity index (χ0v) is 76.2. The number of benzene rings is 3. The van der Waals surface area contributed by atoms with Gasteiger partial charge in [-0.25, -0.2) is 0 Å². The van der Waals surface area contributed by atoms with Crippen molar-refractivity contribution >= 4 is 129 Å². The maximum Gasteiger partial charge on any atom is 0.303 e. The number of aromatic nitrogens is 1. The molecular formula is C90H132N26O19. The summed E-state index contributed by atoms with van der Waals surface area (Å²) in [7, 11) is 0. The number of H-pyrrole nitrogens is 1. The lowest BCUT2D eigenvalue weighted by Crippen LogP contribution is -2.59. The topological polar surface area (TPSA) is 738 Å². The van der Waals surface area contributed by atoms with E-state index in [2.05, 4.69) is 101 Å². The number of aromatic amines is 1. The van der Waals surface area contributed by atoms with E-state index in [1.54, 1.807) is 91.1 Å². The summed E-state index contributed by atoms with van der Waals surface area (Å²) in [5, 5.41) is 74.5. The largest absolute Gasteiger partial charge is 0.481 e. The van der Waals surface area contributed by atoms with Crippen LogP contribution in [0, 0.1) is 34.5 Å². The molecule has 45 heteroatoms. The first-order chi connectivity index (χ1) is 64.4. The van der Waals surface area contributed by atoms with E-state index < -0.39 is 241 Å². The Kier molecular flexibility index (Phi) is 42.4. The van der Waals surface area contributed by atoms with E-state index in [9.17, 15) is 91.4 Å². The highest BCUT2D eigenvalue weighted by Gasteiger charge is 2.44. The van der Waals surface area contributed by atoms with Crippen LogP contribution in [-0.4, -0.2) is 252 Å². The number of fused-ring (bicyclic) bond motifs is 1. The molecule has 3 aliphatic carbocycles. The van der Waals surface area contributed by atoms with Crippen molar-refractivity contribution in [1.82, 2.24) is 101 Å². The molecule has 4 aromatic rings. The molecule has 0 radical (unpaired) electrons. The summed E-state index contributed by atoms with van der Waals surface area (Å²) < 4.78 is 0. The molecular weight excluding hydrogens is 1750 g/mol. The number of hydrogen-bond acceptors (Lipinski definition) is 22. The van der Waals surface area contributed by atoms with Crippen molar-refractivity contribution in [3.63, 3.8) is 0 Å². The maximum absolute atomic E-state index is 14.9. The number of unbranched alkanes of at least 4 members (excludes halogenated alkanes) is 1. The van der Waals surface area contributed by atoms with Crippen molar-refractivity contribution in [3.05, 3.63) is 108 Å². The maximum atomic E-state index is 14.9. The molecule has 1 saturated heterocycles. The Hall–Kier alpha value is -13.9. The molecule has 0 spiro atoms. The van der Waals surface area contributed by atoms with Crippen LogP contribution in [0.3, 0.4) is 0 Å². The van der Waals surface area contributed by atoms with E-state index in [-0.39, 0.29) is 95.2 Å². The monoisotopic (exact) mass is 1880 g/mol. The summed E-state index contributed by atoms with van der Waals surface area (Å²) in [6.45, 7) is 4.50. The number of carbonyl (C=O) groups excluding carboxylic acids is 17. The number of nitrogens with two attached hydrogens (primary N) is 5. The molecule has 736 valence electrons. The Labute approximate surface area is 781 Å². The van der Waals surface area contributed by atoms with Gasteiger partial charge in [-0.05, 0) is 139 Å². The van der Waals surface area contributed by atoms with Crippen LogP contribution in [0.4, 0.5) is 0 Å². The number of para-hydroxylation sites is 1. The van der Waals surface area contributed by atoms with Crippen molar-refractivity contribution in [3.8, 4) is 0 Å². The van der Waals surface area contributed by atoms with Gasteiger partial charge in [0.2, 0.25) is 100 Å². The predicted octanol–water partition coefficient (Wildman–Crippen LogP) is -4.95. The smallest absolute Gasteiger partial charge is 0.303 e. The second kappa shape index (κ2) is 53.7. The summed E-state index contributed by atoms with van der Waals surface area (Å²) >= 11 is 0. The van der Waals surface area contributed by atoms with Crippen molar-refractivity contribution < 1.29 is 91.4 Å². The minimum absolute atomic E-state index is 0.0107. The number of aliphatic carboxylic acids is 1. The Morgan fingerprint density at radius 3 is 1.44 bits per heavy atom. The first-order valence-corrected chi connectivity index (χ1v) is 45.9. The zero-order chi connectivity index (χ0) is 98.4. The number of carboxylic acids is 1. The fourth-order valence-electron chi connectivity index (χ4n) is 17.2. The van der Waals surface area contributed by atoms with Gasteiger partial charge in [0.25, 0.3) is 0 Å². The van der Waals surface area contributed by atoms with E-state index in [0.29, 0.717) is 105 Å². The van der Waals surface area contributed by atoms with Gasteiger partial charge in [0.15, 0.2) is 11.9 Å². The van der Waals surface area contributed by atoms with Gasteiger partial charge in [-0.15, -0.1) is 0 Å². The number of guanidine groups is 2. The number of carbonyl (C=O) groups is 18. The number of rotatable bonds is 54. The summed E-state index contributed by atoms with van der Waals surface area (Å²) in [5.41, 5.74) is 30.4. The molecule has 4 fully saturated rings. The number of carboxylic acid groups (broad SMARTS) is 1. The number of nitrogens with one attached hydrogen (secondary N) is 21. The molecule has 45 nitrogen and oxygen atoms in total. The molecule has 3 saturated carbocycles. The molecule has 4 aliphatic rings. The van der Waals surface area contributed by atoms with Crippen LogP contribution in [0.15, 0.2) is 91.1 Å². The van der Waals surface area contributed by atoms with E-state index >= 15 is 0 Å². The molecule has 8 rings (SSSR count).